The smallest absolute Gasteiger partial charge is 0.303 e. The predicted octanol–water partition coefficient (Wildman–Crippen LogP) is 0.471. The van der Waals surface area contributed by atoms with Gasteiger partial charge in [-0.25, -0.2) is 4.68 Å². The molecule has 1 aliphatic carbocycles. The Balaban J connectivity index is 1.60. The van der Waals surface area contributed by atoms with E-state index in [9.17, 15) is 9.59 Å². The number of thioether (sulfide) groups is 1. The Kier molecular flexibility index (Phi) is 5.33. The minimum absolute atomic E-state index is 0.0873. The number of rotatable bonds is 9. The molecule has 1 fully saturated rings. The fourth-order valence-corrected chi connectivity index (χ4v) is 2.41. The standard InChI is InChI=1S/C11H17N5O3S/c17-9(12-6-2-1-3-10(18)19)7-20-11-13-14-15-16(11)8-4-5-8/h8H,1-7H2,(H,12,17)(H,18,19). The summed E-state index contributed by atoms with van der Waals surface area (Å²) in [5.74, 6) is -0.624. The zero-order valence-corrected chi connectivity index (χ0v) is 11.8. The van der Waals surface area contributed by atoms with Crippen molar-refractivity contribution in [3.05, 3.63) is 0 Å². The molecule has 1 saturated carbocycles. The van der Waals surface area contributed by atoms with Gasteiger partial charge in [0.15, 0.2) is 0 Å². The van der Waals surface area contributed by atoms with Gasteiger partial charge in [-0.05, 0) is 36.1 Å². The number of nitrogens with zero attached hydrogens (tertiary/aromatic N) is 4. The minimum atomic E-state index is -0.807. The van der Waals surface area contributed by atoms with Crippen molar-refractivity contribution in [1.82, 2.24) is 25.5 Å². The highest BCUT2D eigenvalue weighted by molar-refractivity contribution is 7.99. The predicted molar refractivity (Wildman–Crippen MR) is 71.3 cm³/mol. The molecule has 0 spiro atoms. The highest BCUT2D eigenvalue weighted by atomic mass is 32.2. The van der Waals surface area contributed by atoms with E-state index in [1.165, 1.54) is 11.8 Å². The van der Waals surface area contributed by atoms with E-state index in [2.05, 4.69) is 20.8 Å². The van der Waals surface area contributed by atoms with Gasteiger partial charge in [-0.15, -0.1) is 5.10 Å². The molecule has 0 radical (unpaired) electrons. The van der Waals surface area contributed by atoms with E-state index in [4.69, 9.17) is 5.11 Å². The number of amides is 1. The molecule has 2 rings (SSSR count). The third-order valence-corrected chi connectivity index (χ3v) is 3.76. The maximum atomic E-state index is 11.6. The van der Waals surface area contributed by atoms with Crippen LogP contribution in [-0.4, -0.2) is 49.5 Å². The molecule has 1 aliphatic rings. The summed E-state index contributed by atoms with van der Waals surface area (Å²) >= 11 is 1.32. The van der Waals surface area contributed by atoms with Crippen molar-refractivity contribution in [1.29, 1.82) is 0 Å². The summed E-state index contributed by atoms with van der Waals surface area (Å²) in [5.41, 5.74) is 0. The lowest BCUT2D eigenvalue weighted by Gasteiger charge is -2.04. The van der Waals surface area contributed by atoms with Gasteiger partial charge in [-0.2, -0.15) is 0 Å². The van der Waals surface area contributed by atoms with Gasteiger partial charge in [0.1, 0.15) is 0 Å². The van der Waals surface area contributed by atoms with Crippen LogP contribution in [0.3, 0.4) is 0 Å². The molecule has 1 amide bonds. The molecule has 1 aromatic rings. The van der Waals surface area contributed by atoms with Gasteiger partial charge in [-0.1, -0.05) is 11.8 Å². The monoisotopic (exact) mass is 299 g/mol. The lowest BCUT2D eigenvalue weighted by molar-refractivity contribution is -0.137. The normalized spacial score (nSPS) is 14.2. The van der Waals surface area contributed by atoms with E-state index < -0.39 is 5.97 Å². The SMILES string of the molecule is O=C(O)CCCCNC(=O)CSc1nnnn1C1CC1. The highest BCUT2D eigenvalue weighted by Gasteiger charge is 2.28. The summed E-state index contributed by atoms with van der Waals surface area (Å²) < 4.78 is 1.77. The lowest BCUT2D eigenvalue weighted by atomic mass is 10.2. The first kappa shape index (κ1) is 14.8. The molecular weight excluding hydrogens is 282 g/mol. The van der Waals surface area contributed by atoms with Crippen molar-refractivity contribution in [2.45, 2.75) is 43.3 Å². The number of carboxylic acids is 1. The fourth-order valence-electron chi connectivity index (χ4n) is 1.64. The van der Waals surface area contributed by atoms with E-state index in [1.807, 2.05) is 0 Å². The molecule has 2 N–H and O–H groups in total. The van der Waals surface area contributed by atoms with Crippen LogP contribution in [0.25, 0.3) is 0 Å². The van der Waals surface area contributed by atoms with Gasteiger partial charge in [0.05, 0.1) is 11.8 Å². The molecule has 0 unspecified atom stereocenters. The van der Waals surface area contributed by atoms with Crippen molar-refractivity contribution in [3.8, 4) is 0 Å². The fraction of sp³-hybridized carbons (Fsp3) is 0.727. The van der Waals surface area contributed by atoms with Gasteiger partial charge < -0.3 is 10.4 Å². The first-order valence-corrected chi connectivity index (χ1v) is 7.54. The van der Waals surface area contributed by atoms with Gasteiger partial charge in [-0.3, -0.25) is 9.59 Å². The average molecular weight is 299 g/mol. The van der Waals surface area contributed by atoms with Crippen LogP contribution < -0.4 is 5.32 Å². The van der Waals surface area contributed by atoms with Crippen LogP contribution >= 0.6 is 11.8 Å². The van der Waals surface area contributed by atoms with Gasteiger partial charge in [0.25, 0.3) is 0 Å². The quantitative estimate of drug-likeness (QED) is 0.504. The molecule has 1 aromatic heterocycles. The van der Waals surface area contributed by atoms with Crippen LogP contribution in [0.1, 0.15) is 38.1 Å². The summed E-state index contributed by atoms with van der Waals surface area (Å²) in [4.78, 5) is 21.9. The number of nitrogens with one attached hydrogen (secondary N) is 1. The Morgan fingerprint density at radius 1 is 1.40 bits per heavy atom. The largest absolute Gasteiger partial charge is 0.481 e. The van der Waals surface area contributed by atoms with Crippen molar-refractivity contribution >= 4 is 23.6 Å². The second-order valence-corrected chi connectivity index (χ2v) is 5.57. The van der Waals surface area contributed by atoms with Crippen LogP contribution in [0.15, 0.2) is 5.16 Å². The zero-order valence-electron chi connectivity index (χ0n) is 11.0. The molecule has 20 heavy (non-hydrogen) atoms. The number of carboxylic acid groups (broad SMARTS) is 1. The second kappa shape index (κ2) is 7.22. The Morgan fingerprint density at radius 3 is 2.90 bits per heavy atom. The molecule has 0 atom stereocenters. The summed E-state index contributed by atoms with van der Waals surface area (Å²) in [5, 5.41) is 23.3. The van der Waals surface area contributed by atoms with Crippen molar-refractivity contribution in [2.75, 3.05) is 12.3 Å². The van der Waals surface area contributed by atoms with E-state index in [-0.39, 0.29) is 18.1 Å². The Bertz CT molecular complexity index is 474. The second-order valence-electron chi connectivity index (χ2n) is 4.63. The topological polar surface area (TPSA) is 110 Å². The Labute approximate surface area is 120 Å². The highest BCUT2D eigenvalue weighted by Crippen LogP contribution is 2.36. The number of hydrogen-bond donors (Lipinski definition) is 2. The molecule has 0 bridgehead atoms. The molecule has 110 valence electrons. The van der Waals surface area contributed by atoms with E-state index in [1.54, 1.807) is 4.68 Å². The number of carbonyl (C=O) groups excluding carboxylic acids is 1. The molecule has 9 heteroatoms. The van der Waals surface area contributed by atoms with Gasteiger partial charge >= 0.3 is 5.97 Å². The molecular formula is C11H17N5O3S. The minimum Gasteiger partial charge on any atom is -0.481 e. The molecule has 0 aliphatic heterocycles. The van der Waals surface area contributed by atoms with E-state index >= 15 is 0 Å². The molecule has 0 aromatic carbocycles. The summed E-state index contributed by atoms with van der Waals surface area (Å²) in [6.07, 6.45) is 3.56. The third-order valence-electron chi connectivity index (χ3n) is 2.83. The van der Waals surface area contributed by atoms with Crippen LogP contribution in [-0.2, 0) is 9.59 Å². The Hall–Kier alpha value is -1.64. The van der Waals surface area contributed by atoms with Gasteiger partial charge in [0.2, 0.25) is 11.1 Å². The summed E-state index contributed by atoms with van der Waals surface area (Å²) in [6, 6.07) is 0.395. The maximum Gasteiger partial charge on any atom is 0.303 e. The van der Waals surface area contributed by atoms with Crippen molar-refractivity contribution < 1.29 is 14.7 Å². The van der Waals surface area contributed by atoms with Crippen molar-refractivity contribution in [3.63, 3.8) is 0 Å². The number of aromatic nitrogens is 4. The number of tetrazole rings is 1. The summed E-state index contributed by atoms with van der Waals surface area (Å²) in [7, 11) is 0. The van der Waals surface area contributed by atoms with Crippen LogP contribution in [0.4, 0.5) is 0 Å². The molecule has 1 heterocycles. The first-order valence-electron chi connectivity index (χ1n) is 6.56. The van der Waals surface area contributed by atoms with Gasteiger partial charge in [0, 0.05) is 13.0 Å². The number of carbonyl (C=O) groups is 2. The van der Waals surface area contributed by atoms with E-state index in [0.29, 0.717) is 30.6 Å². The van der Waals surface area contributed by atoms with Crippen LogP contribution in [0.2, 0.25) is 0 Å². The average Bonchev–Trinajstić information content (AvgIpc) is 3.14. The third kappa shape index (κ3) is 4.80. The number of hydrogen-bond acceptors (Lipinski definition) is 6. The molecule has 8 nitrogen and oxygen atoms in total. The van der Waals surface area contributed by atoms with Crippen LogP contribution in [0.5, 0.6) is 0 Å². The van der Waals surface area contributed by atoms with Crippen LogP contribution in [0, 0.1) is 0 Å². The maximum absolute atomic E-state index is 11.6. The number of aliphatic carboxylic acids is 1. The summed E-state index contributed by atoms with van der Waals surface area (Å²) in [6.45, 7) is 0.500. The molecule has 0 saturated heterocycles. The Morgan fingerprint density at radius 2 is 2.20 bits per heavy atom. The zero-order chi connectivity index (χ0) is 14.4. The van der Waals surface area contributed by atoms with E-state index in [0.717, 1.165) is 12.8 Å². The number of unbranched alkanes of at least 4 members (excludes halogenated alkanes) is 1. The lowest BCUT2D eigenvalue weighted by Crippen LogP contribution is -2.26. The first-order chi connectivity index (χ1) is 9.66. The van der Waals surface area contributed by atoms with Crippen molar-refractivity contribution in [2.24, 2.45) is 0 Å².